The highest BCUT2D eigenvalue weighted by Crippen LogP contribution is 2.31. The number of fused-ring (bicyclic) bond motifs is 1. The number of carbonyl (C=O) groups is 1. The molecule has 0 saturated heterocycles. The minimum atomic E-state index is -0.470. The molecule has 2 aromatic carbocycles. The summed E-state index contributed by atoms with van der Waals surface area (Å²) in [6, 6.07) is 14.4. The van der Waals surface area contributed by atoms with Gasteiger partial charge < -0.3 is 23.9 Å². The number of ether oxygens (including phenoxy) is 3. The van der Waals surface area contributed by atoms with Crippen LogP contribution in [0.25, 0.3) is 22.1 Å². The second kappa shape index (κ2) is 9.76. The quantitative estimate of drug-likeness (QED) is 0.266. The molecule has 7 nitrogen and oxygen atoms in total. The molecular weight excluding hydrogens is 386 g/mol. The fourth-order valence-electron chi connectivity index (χ4n) is 3.02. The number of aryl methyl sites for hydroxylation is 1. The van der Waals surface area contributed by atoms with Crippen LogP contribution in [-0.4, -0.2) is 33.3 Å². The van der Waals surface area contributed by atoms with Crippen LogP contribution < -0.4 is 15.7 Å². The summed E-state index contributed by atoms with van der Waals surface area (Å²) in [7, 11) is 2.96. The summed E-state index contributed by atoms with van der Waals surface area (Å²) in [5.74, 6) is -0.160. The molecule has 7 heteroatoms. The van der Waals surface area contributed by atoms with E-state index in [-0.39, 0.29) is 5.76 Å². The zero-order chi connectivity index (χ0) is 21.5. The van der Waals surface area contributed by atoms with Crippen molar-refractivity contribution in [2.75, 3.05) is 27.4 Å². The number of benzene rings is 2. The molecule has 0 atom stereocenters. The van der Waals surface area contributed by atoms with Gasteiger partial charge in [-0.3, -0.25) is 4.79 Å². The van der Waals surface area contributed by atoms with Crippen molar-refractivity contribution in [3.05, 3.63) is 76.5 Å². The minimum absolute atomic E-state index is 0.0367. The van der Waals surface area contributed by atoms with Gasteiger partial charge in [0.1, 0.15) is 17.6 Å². The Hall–Kier alpha value is -3.58. The summed E-state index contributed by atoms with van der Waals surface area (Å²) in [5, 5.41) is 3.42. The molecule has 0 unspecified atom stereocenters. The molecule has 0 radical (unpaired) electrons. The average molecular weight is 409 g/mol. The Balaban J connectivity index is 1.95. The molecule has 0 fully saturated rings. The molecular formula is C23H23NO6. The van der Waals surface area contributed by atoms with Crippen molar-refractivity contribution in [1.29, 1.82) is 0 Å². The molecule has 0 aliphatic rings. The molecule has 3 aromatic rings. The van der Waals surface area contributed by atoms with Gasteiger partial charge in [0.2, 0.25) is 5.76 Å². The van der Waals surface area contributed by atoms with Gasteiger partial charge in [-0.15, -0.1) is 0 Å². The Bertz CT molecular complexity index is 1130. The van der Waals surface area contributed by atoms with Crippen molar-refractivity contribution in [1.82, 2.24) is 5.32 Å². The lowest BCUT2D eigenvalue weighted by atomic mass is 9.98. The number of methoxy groups -OCH3 is 2. The van der Waals surface area contributed by atoms with E-state index < -0.39 is 11.5 Å². The lowest BCUT2D eigenvalue weighted by Gasteiger charge is -2.12. The van der Waals surface area contributed by atoms with E-state index in [9.17, 15) is 9.59 Å². The number of hydrogen-bond donors (Lipinski definition) is 1. The van der Waals surface area contributed by atoms with Gasteiger partial charge in [-0.2, -0.15) is 0 Å². The summed E-state index contributed by atoms with van der Waals surface area (Å²) in [4.78, 5) is 24.5. The number of nitrogens with one attached hydrogen (secondary N) is 1. The first kappa shape index (κ1) is 21.1. The molecule has 1 heterocycles. The molecule has 1 amide bonds. The number of hydrogen-bond acceptors (Lipinski definition) is 6. The SMILES string of the molecule is COC=C(Oc1ccc2c(-c3ccccc3C)cc(=O)oc2c1)C(=O)NCCOC. The number of rotatable bonds is 8. The highest BCUT2D eigenvalue weighted by atomic mass is 16.5. The van der Waals surface area contributed by atoms with Crippen LogP contribution in [0, 0.1) is 6.92 Å². The molecule has 30 heavy (non-hydrogen) atoms. The van der Waals surface area contributed by atoms with Crippen molar-refractivity contribution < 1.29 is 23.4 Å². The fraction of sp³-hybridized carbons (Fsp3) is 0.217. The van der Waals surface area contributed by atoms with Crippen molar-refractivity contribution >= 4 is 16.9 Å². The van der Waals surface area contributed by atoms with Gasteiger partial charge in [0.05, 0.1) is 13.7 Å². The van der Waals surface area contributed by atoms with E-state index in [1.54, 1.807) is 25.3 Å². The van der Waals surface area contributed by atoms with Gasteiger partial charge >= 0.3 is 5.63 Å². The Morgan fingerprint density at radius 2 is 1.90 bits per heavy atom. The van der Waals surface area contributed by atoms with E-state index in [2.05, 4.69) is 5.32 Å². The zero-order valence-electron chi connectivity index (χ0n) is 17.1. The summed E-state index contributed by atoms with van der Waals surface area (Å²) in [6.45, 7) is 2.68. The summed E-state index contributed by atoms with van der Waals surface area (Å²) in [6.07, 6.45) is 1.20. The number of amides is 1. The Morgan fingerprint density at radius 3 is 2.63 bits per heavy atom. The van der Waals surface area contributed by atoms with Crippen LogP contribution in [0.3, 0.4) is 0 Å². The van der Waals surface area contributed by atoms with Crippen LogP contribution in [0.15, 0.2) is 69.8 Å². The molecule has 0 bridgehead atoms. The van der Waals surface area contributed by atoms with Gasteiger partial charge in [0, 0.05) is 36.7 Å². The van der Waals surface area contributed by atoms with E-state index in [0.717, 1.165) is 22.1 Å². The highest BCUT2D eigenvalue weighted by molar-refractivity contribution is 5.95. The van der Waals surface area contributed by atoms with Gasteiger partial charge in [0.25, 0.3) is 5.91 Å². The van der Waals surface area contributed by atoms with Crippen LogP contribution in [0.1, 0.15) is 5.56 Å². The normalized spacial score (nSPS) is 11.4. The van der Waals surface area contributed by atoms with Crippen LogP contribution in [0.2, 0.25) is 0 Å². The maximum Gasteiger partial charge on any atom is 0.336 e. The van der Waals surface area contributed by atoms with E-state index in [4.69, 9.17) is 18.6 Å². The Morgan fingerprint density at radius 1 is 1.10 bits per heavy atom. The van der Waals surface area contributed by atoms with Gasteiger partial charge in [0.15, 0.2) is 0 Å². The second-order valence-electron chi connectivity index (χ2n) is 6.52. The van der Waals surface area contributed by atoms with E-state index in [1.165, 1.54) is 19.4 Å². The maximum absolute atomic E-state index is 12.3. The third-order valence-electron chi connectivity index (χ3n) is 4.42. The van der Waals surface area contributed by atoms with Gasteiger partial charge in [-0.05, 0) is 30.2 Å². The zero-order valence-corrected chi connectivity index (χ0v) is 17.1. The van der Waals surface area contributed by atoms with Crippen molar-refractivity contribution in [3.63, 3.8) is 0 Å². The average Bonchev–Trinajstić information content (AvgIpc) is 2.73. The standard InChI is InChI=1S/C23H23NO6/c1-15-6-4-5-7-17(15)19-13-22(25)30-20-12-16(8-9-18(19)20)29-21(14-28-3)23(26)24-10-11-27-2/h4-9,12-14H,10-11H2,1-3H3,(H,24,26). The molecule has 3 rings (SSSR count). The Labute approximate surface area is 173 Å². The van der Waals surface area contributed by atoms with Crippen LogP contribution in [0.4, 0.5) is 0 Å². The van der Waals surface area contributed by atoms with Crippen molar-refractivity contribution in [3.8, 4) is 16.9 Å². The van der Waals surface area contributed by atoms with Crippen LogP contribution in [-0.2, 0) is 14.3 Å². The first-order chi connectivity index (χ1) is 14.5. The first-order valence-corrected chi connectivity index (χ1v) is 9.35. The van der Waals surface area contributed by atoms with Crippen molar-refractivity contribution in [2.24, 2.45) is 0 Å². The second-order valence-corrected chi connectivity index (χ2v) is 6.52. The highest BCUT2D eigenvalue weighted by Gasteiger charge is 2.15. The lowest BCUT2D eigenvalue weighted by molar-refractivity contribution is -0.119. The topological polar surface area (TPSA) is 87.0 Å². The minimum Gasteiger partial charge on any atom is -0.500 e. The molecule has 0 aliphatic carbocycles. The predicted molar refractivity (Wildman–Crippen MR) is 113 cm³/mol. The van der Waals surface area contributed by atoms with Crippen LogP contribution in [0.5, 0.6) is 5.75 Å². The Kier molecular flexibility index (Phi) is 6.87. The van der Waals surface area contributed by atoms with E-state index >= 15 is 0 Å². The molecule has 1 N–H and O–H groups in total. The van der Waals surface area contributed by atoms with Gasteiger partial charge in [-0.25, -0.2) is 4.79 Å². The largest absolute Gasteiger partial charge is 0.500 e. The fourth-order valence-corrected chi connectivity index (χ4v) is 3.02. The lowest BCUT2D eigenvalue weighted by Crippen LogP contribution is -2.30. The monoisotopic (exact) mass is 409 g/mol. The van der Waals surface area contributed by atoms with Crippen molar-refractivity contribution in [2.45, 2.75) is 6.92 Å². The number of carbonyl (C=O) groups excluding carboxylic acids is 1. The first-order valence-electron chi connectivity index (χ1n) is 9.35. The molecule has 156 valence electrons. The maximum atomic E-state index is 12.3. The molecule has 0 aliphatic heterocycles. The summed E-state index contributed by atoms with van der Waals surface area (Å²) >= 11 is 0. The molecule has 0 spiro atoms. The smallest absolute Gasteiger partial charge is 0.336 e. The predicted octanol–water partition coefficient (Wildman–Crippen LogP) is 3.40. The third kappa shape index (κ3) is 4.87. The summed E-state index contributed by atoms with van der Waals surface area (Å²) < 4.78 is 20.9. The molecule has 0 saturated carbocycles. The van der Waals surface area contributed by atoms with Crippen LogP contribution >= 0.6 is 0 Å². The van der Waals surface area contributed by atoms with Gasteiger partial charge in [-0.1, -0.05) is 24.3 Å². The molecule has 1 aromatic heterocycles. The summed E-state index contributed by atoms with van der Waals surface area (Å²) in [5.41, 5.74) is 2.65. The van der Waals surface area contributed by atoms with E-state index in [0.29, 0.717) is 24.5 Å². The third-order valence-corrected chi connectivity index (χ3v) is 4.42. The van der Waals surface area contributed by atoms with E-state index in [1.807, 2.05) is 31.2 Å².